The van der Waals surface area contributed by atoms with Crippen molar-refractivity contribution in [3.05, 3.63) is 0 Å². The highest BCUT2D eigenvalue weighted by Gasteiger charge is 2.08. The van der Waals surface area contributed by atoms with E-state index in [1.807, 2.05) is 0 Å². The van der Waals surface area contributed by atoms with Gasteiger partial charge in [0.15, 0.2) is 0 Å². The van der Waals surface area contributed by atoms with Crippen LogP contribution in [0.25, 0.3) is 0 Å². The van der Waals surface area contributed by atoms with Crippen LogP contribution in [0.3, 0.4) is 0 Å². The lowest BCUT2D eigenvalue weighted by atomic mass is 10.9. The molecule has 0 radical (unpaired) electrons. The average Bonchev–Trinajstić information content (AvgIpc) is 1.87. The Morgan fingerprint density at radius 3 is 2.67 bits per heavy atom. The van der Waals surface area contributed by atoms with E-state index in [1.165, 1.54) is 12.1 Å². The second kappa shape index (κ2) is 4.13. The first kappa shape index (κ1) is 8.22. The van der Waals surface area contributed by atoms with Crippen LogP contribution in [-0.2, 0) is 4.84 Å². The van der Waals surface area contributed by atoms with Gasteiger partial charge in [-0.05, 0) is 17.4 Å². The molecular weight excluding hydrogens is 137 g/mol. The van der Waals surface area contributed by atoms with E-state index in [4.69, 9.17) is 0 Å². The number of rotatable bonds is 2. The van der Waals surface area contributed by atoms with Crippen LogP contribution >= 0.6 is 0 Å². The summed E-state index contributed by atoms with van der Waals surface area (Å²) in [4.78, 5) is 3.82. The van der Waals surface area contributed by atoms with Crippen molar-refractivity contribution < 1.29 is 18.2 Å². The van der Waals surface area contributed by atoms with Crippen LogP contribution in [0.2, 0.25) is 0 Å². The molecule has 0 aliphatic rings. The summed E-state index contributed by atoms with van der Waals surface area (Å²) < 4.78 is 34.0. The molecule has 0 aliphatic carbocycles. The Morgan fingerprint density at radius 1 is 1.78 bits per heavy atom. The third kappa shape index (κ3) is 2.91. The average molecular weight is 142 g/mol. The molecule has 0 saturated carbocycles. The van der Waals surface area contributed by atoms with Gasteiger partial charge in [0, 0.05) is 0 Å². The molecule has 0 amide bonds. The molecule has 0 rings (SSSR count). The van der Waals surface area contributed by atoms with Crippen molar-refractivity contribution in [1.82, 2.24) is 5.29 Å². The Bertz CT molecular complexity index is 107. The van der Waals surface area contributed by atoms with Crippen LogP contribution in [-0.4, -0.2) is 18.0 Å². The third-order valence-electron chi connectivity index (χ3n) is 0.457. The van der Waals surface area contributed by atoms with E-state index in [0.717, 1.165) is 0 Å². The normalized spacial score (nSPS) is 11.8. The number of hydrogen-bond acceptors (Lipinski definition) is 2. The van der Waals surface area contributed by atoms with Crippen molar-refractivity contribution in [2.75, 3.05) is 6.61 Å². The smallest absolute Gasteiger partial charge is 0.242 e. The van der Waals surface area contributed by atoms with Crippen LogP contribution in [0.15, 0.2) is 5.21 Å². The first-order valence-corrected chi connectivity index (χ1v) is 2.15. The lowest BCUT2D eigenvalue weighted by molar-refractivity contribution is -0.225. The number of hydrogen-bond donors (Lipinski definition) is 0. The summed E-state index contributed by atoms with van der Waals surface area (Å²) in [6.07, 6.45) is -1.95. The molecule has 0 fully saturated rings. The molecule has 0 atom stereocenters. The molecular formula is C3H5F3N2O. The quantitative estimate of drug-likeness (QED) is 0.191. The van der Waals surface area contributed by atoms with Crippen molar-refractivity contribution in [1.29, 1.82) is 0 Å². The van der Waals surface area contributed by atoms with Crippen LogP contribution in [0.4, 0.5) is 13.4 Å². The molecule has 0 aliphatic heterocycles. The minimum Gasteiger partial charge on any atom is -0.242 e. The van der Waals surface area contributed by atoms with Gasteiger partial charge in [0.25, 0.3) is 0 Å². The summed E-state index contributed by atoms with van der Waals surface area (Å²) in [5, 5.41) is 0.494. The Balaban J connectivity index is 3.59. The minimum atomic E-state index is -1.95. The Hall–Kier alpha value is -0.780. The highest BCUT2D eigenvalue weighted by molar-refractivity contribution is 5.69. The summed E-state index contributed by atoms with van der Waals surface area (Å²) in [7, 11) is 0. The third-order valence-corrected chi connectivity index (χ3v) is 0.457. The van der Waals surface area contributed by atoms with Gasteiger partial charge in [0.2, 0.25) is 0 Å². The summed E-state index contributed by atoms with van der Waals surface area (Å²) in [5.74, 6) is 0. The van der Waals surface area contributed by atoms with Gasteiger partial charge >= 0.3 is 6.09 Å². The minimum absolute atomic E-state index is 0.0978. The first-order valence-electron chi connectivity index (χ1n) is 2.15. The maximum atomic E-state index is 11.7. The second-order valence-electron chi connectivity index (χ2n) is 1.02. The number of amidine groups is 1. The molecule has 0 heterocycles. The zero-order valence-electron chi connectivity index (χ0n) is 4.64. The van der Waals surface area contributed by atoms with Gasteiger partial charge in [-0.1, -0.05) is 8.96 Å². The lowest BCUT2D eigenvalue weighted by Gasteiger charge is -2.04. The largest absolute Gasteiger partial charge is 0.366 e. The van der Waals surface area contributed by atoms with E-state index >= 15 is 0 Å². The summed E-state index contributed by atoms with van der Waals surface area (Å²) in [6, 6.07) is 0. The van der Waals surface area contributed by atoms with Gasteiger partial charge in [-0.25, -0.2) is 4.84 Å². The number of hydroxylamine groups is 1. The van der Waals surface area contributed by atoms with Crippen LogP contribution in [0, 0.1) is 0 Å². The Kier molecular flexibility index (Phi) is 3.78. The van der Waals surface area contributed by atoms with Crippen molar-refractivity contribution in [2.45, 2.75) is 6.92 Å². The Morgan fingerprint density at radius 2 is 2.33 bits per heavy atom. The van der Waals surface area contributed by atoms with E-state index < -0.39 is 11.4 Å². The van der Waals surface area contributed by atoms with Gasteiger partial charge in [0.1, 0.15) is 0 Å². The molecule has 3 nitrogen and oxygen atoms in total. The van der Waals surface area contributed by atoms with Crippen molar-refractivity contribution in [3.8, 4) is 0 Å². The van der Waals surface area contributed by atoms with Gasteiger partial charge in [0.05, 0.1) is 6.61 Å². The fraction of sp³-hybridized carbons (Fsp3) is 0.667. The molecule has 0 saturated heterocycles. The van der Waals surface area contributed by atoms with E-state index in [9.17, 15) is 13.4 Å². The van der Waals surface area contributed by atoms with Gasteiger partial charge in [-0.15, -0.1) is 0 Å². The zero-order chi connectivity index (χ0) is 7.28. The standard InChI is InChI=1S/C3H5F3N2O/c1-2-9-8(6)3(4)7-5/h2H2,1H3. The van der Waals surface area contributed by atoms with Crippen LogP contribution < -0.4 is 0 Å². The second-order valence-corrected chi connectivity index (χ2v) is 1.02. The van der Waals surface area contributed by atoms with Gasteiger partial charge in [-0.3, -0.25) is 0 Å². The molecule has 0 N–H and O–H groups in total. The Labute approximate surface area is 49.6 Å². The topological polar surface area (TPSA) is 24.8 Å². The summed E-state index contributed by atoms with van der Waals surface area (Å²) in [6.45, 7) is 1.32. The van der Waals surface area contributed by atoms with Crippen molar-refractivity contribution in [2.24, 2.45) is 5.21 Å². The molecule has 0 aromatic rings. The highest BCUT2D eigenvalue weighted by Crippen LogP contribution is 1.95. The number of halogens is 3. The molecule has 0 aromatic carbocycles. The van der Waals surface area contributed by atoms with Crippen molar-refractivity contribution in [3.63, 3.8) is 0 Å². The predicted molar refractivity (Wildman–Crippen MR) is 24.2 cm³/mol. The zero-order valence-corrected chi connectivity index (χ0v) is 4.64. The van der Waals surface area contributed by atoms with Gasteiger partial charge in [-0.2, -0.15) is 4.39 Å². The summed E-state index contributed by atoms with van der Waals surface area (Å²) in [5.41, 5.74) is 0. The molecule has 54 valence electrons. The maximum Gasteiger partial charge on any atom is 0.366 e. The van der Waals surface area contributed by atoms with E-state index in [0.29, 0.717) is 0 Å². The SMILES string of the molecule is CCON(F)C(F)=NF. The predicted octanol–water partition coefficient (Wildman–Crippen LogP) is 1.33. The van der Waals surface area contributed by atoms with E-state index in [2.05, 4.69) is 4.84 Å². The molecule has 6 heteroatoms. The number of nitrogens with zero attached hydrogens (tertiary/aromatic N) is 2. The fourth-order valence-corrected chi connectivity index (χ4v) is 0.196. The lowest BCUT2D eigenvalue weighted by Crippen LogP contribution is -2.18. The maximum absolute atomic E-state index is 11.7. The highest BCUT2D eigenvalue weighted by atomic mass is 19.2. The van der Waals surface area contributed by atoms with E-state index in [-0.39, 0.29) is 6.61 Å². The molecule has 0 bridgehead atoms. The molecule has 0 aromatic heterocycles. The fourth-order valence-electron chi connectivity index (χ4n) is 0.196. The van der Waals surface area contributed by atoms with Crippen molar-refractivity contribution >= 4 is 6.09 Å². The molecule has 0 spiro atoms. The van der Waals surface area contributed by atoms with Crippen LogP contribution in [0.5, 0.6) is 0 Å². The monoisotopic (exact) mass is 142 g/mol. The molecule has 0 unspecified atom stereocenters. The summed E-state index contributed by atoms with van der Waals surface area (Å²) >= 11 is 0. The van der Waals surface area contributed by atoms with Gasteiger partial charge < -0.3 is 0 Å². The van der Waals surface area contributed by atoms with Crippen LogP contribution in [0.1, 0.15) is 6.92 Å². The first-order chi connectivity index (χ1) is 4.22. The molecule has 9 heavy (non-hydrogen) atoms. The van der Waals surface area contributed by atoms with E-state index in [1.54, 1.807) is 0 Å².